The molecule has 4 nitrogen and oxygen atoms in total. The molecule has 104 valence electrons. The Morgan fingerprint density at radius 1 is 1.25 bits per heavy atom. The Bertz CT molecular complexity index is 630. The maximum Gasteiger partial charge on any atom is 0.254 e. The first kappa shape index (κ1) is 12.9. The van der Waals surface area contributed by atoms with Gasteiger partial charge in [0.2, 0.25) is 0 Å². The molecule has 0 aliphatic carbocycles. The van der Waals surface area contributed by atoms with Gasteiger partial charge in [-0.25, -0.2) is 0 Å². The van der Waals surface area contributed by atoms with Crippen molar-refractivity contribution in [3.63, 3.8) is 0 Å². The molecule has 0 fully saturated rings. The minimum Gasteiger partial charge on any atom is -0.332 e. The first-order valence-electron chi connectivity index (χ1n) is 7.06. The molecule has 0 saturated heterocycles. The van der Waals surface area contributed by atoms with E-state index in [0.717, 1.165) is 29.8 Å². The van der Waals surface area contributed by atoms with E-state index >= 15 is 0 Å². The highest BCUT2D eigenvalue weighted by molar-refractivity contribution is 5.96. The molecule has 1 aromatic heterocycles. The fourth-order valence-corrected chi connectivity index (χ4v) is 2.57. The fraction of sp³-hybridized carbons (Fsp3) is 0.375. The van der Waals surface area contributed by atoms with Crippen LogP contribution in [0.1, 0.15) is 41.5 Å². The molecule has 1 aliphatic rings. The van der Waals surface area contributed by atoms with Crippen LogP contribution in [0, 0.1) is 0 Å². The van der Waals surface area contributed by atoms with Crippen molar-refractivity contribution in [3.05, 3.63) is 53.3 Å². The van der Waals surface area contributed by atoms with Crippen LogP contribution in [-0.4, -0.2) is 27.1 Å². The molecule has 2 aromatic rings. The summed E-state index contributed by atoms with van der Waals surface area (Å²) in [4.78, 5) is 14.3. The van der Waals surface area contributed by atoms with Crippen LogP contribution in [0.5, 0.6) is 0 Å². The van der Waals surface area contributed by atoms with Gasteiger partial charge >= 0.3 is 0 Å². The average molecular weight is 269 g/mol. The third kappa shape index (κ3) is 2.33. The van der Waals surface area contributed by atoms with Crippen molar-refractivity contribution < 1.29 is 4.79 Å². The third-order valence-corrected chi connectivity index (χ3v) is 3.73. The maximum atomic E-state index is 12.5. The second-order valence-electron chi connectivity index (χ2n) is 5.51. The number of amides is 1. The topological polar surface area (TPSA) is 38.1 Å². The summed E-state index contributed by atoms with van der Waals surface area (Å²) in [6, 6.07) is 10.2. The number of carbonyl (C=O) groups is 1. The quantitative estimate of drug-likeness (QED) is 0.859. The van der Waals surface area contributed by atoms with E-state index < -0.39 is 0 Å². The molecule has 4 heteroatoms. The summed E-state index contributed by atoms with van der Waals surface area (Å²) in [5.74, 6) is 0.117. The third-order valence-electron chi connectivity index (χ3n) is 3.73. The number of rotatable bonds is 3. The van der Waals surface area contributed by atoms with Crippen LogP contribution in [-0.2, 0) is 13.0 Å². The van der Waals surface area contributed by atoms with Gasteiger partial charge in [0.1, 0.15) is 0 Å². The van der Waals surface area contributed by atoms with Gasteiger partial charge in [0.25, 0.3) is 5.91 Å². The van der Waals surface area contributed by atoms with Gasteiger partial charge in [0, 0.05) is 24.3 Å². The standard InChI is InChI=1S/C16H19N3O/c1-12(2)19-10-8-14(17-19)11-18-9-7-13-5-3-4-6-15(13)16(18)20/h3-6,8,10,12H,7,9,11H2,1-2H3. The van der Waals surface area contributed by atoms with Crippen molar-refractivity contribution in [1.82, 2.24) is 14.7 Å². The number of nitrogens with zero attached hydrogens (tertiary/aromatic N) is 3. The summed E-state index contributed by atoms with van der Waals surface area (Å²) in [6.45, 7) is 5.55. The Hall–Kier alpha value is -2.10. The molecule has 0 unspecified atom stereocenters. The van der Waals surface area contributed by atoms with E-state index in [4.69, 9.17) is 0 Å². The zero-order valence-electron chi connectivity index (χ0n) is 11.9. The molecule has 1 aromatic carbocycles. The van der Waals surface area contributed by atoms with E-state index in [-0.39, 0.29) is 5.91 Å². The average Bonchev–Trinajstić information content (AvgIpc) is 2.91. The summed E-state index contributed by atoms with van der Waals surface area (Å²) in [5, 5.41) is 4.52. The predicted molar refractivity (Wildman–Crippen MR) is 77.5 cm³/mol. The van der Waals surface area contributed by atoms with Gasteiger partial charge in [0.05, 0.1) is 12.2 Å². The molecule has 3 rings (SSSR count). The summed E-state index contributed by atoms with van der Waals surface area (Å²) in [6.07, 6.45) is 2.90. The van der Waals surface area contributed by atoms with Crippen molar-refractivity contribution >= 4 is 5.91 Å². The molecule has 20 heavy (non-hydrogen) atoms. The van der Waals surface area contributed by atoms with Crippen molar-refractivity contribution in [2.75, 3.05) is 6.54 Å². The van der Waals surface area contributed by atoms with Crippen molar-refractivity contribution in [2.24, 2.45) is 0 Å². The van der Waals surface area contributed by atoms with E-state index in [0.29, 0.717) is 12.6 Å². The van der Waals surface area contributed by atoms with E-state index in [1.807, 2.05) is 46.1 Å². The molecule has 0 saturated carbocycles. The largest absolute Gasteiger partial charge is 0.332 e. The van der Waals surface area contributed by atoms with E-state index in [9.17, 15) is 4.79 Å². The molecule has 1 aliphatic heterocycles. The zero-order valence-corrected chi connectivity index (χ0v) is 11.9. The Morgan fingerprint density at radius 2 is 2.05 bits per heavy atom. The van der Waals surface area contributed by atoms with Crippen LogP contribution in [0.25, 0.3) is 0 Å². The normalized spacial score (nSPS) is 14.8. The summed E-state index contributed by atoms with van der Waals surface area (Å²) >= 11 is 0. The van der Waals surface area contributed by atoms with Crippen molar-refractivity contribution in [2.45, 2.75) is 32.9 Å². The number of benzene rings is 1. The van der Waals surface area contributed by atoms with Gasteiger partial charge in [-0.2, -0.15) is 5.10 Å². The Labute approximate surface area is 119 Å². The van der Waals surface area contributed by atoms with Crippen molar-refractivity contribution in [3.8, 4) is 0 Å². The summed E-state index contributed by atoms with van der Waals surface area (Å²) < 4.78 is 1.93. The van der Waals surface area contributed by atoms with Gasteiger partial charge < -0.3 is 4.90 Å². The summed E-state index contributed by atoms with van der Waals surface area (Å²) in [5.41, 5.74) is 2.94. The van der Waals surface area contributed by atoms with E-state index in [1.54, 1.807) is 0 Å². The van der Waals surface area contributed by atoms with Crippen LogP contribution in [0.15, 0.2) is 36.5 Å². The van der Waals surface area contributed by atoms with Gasteiger partial charge in [-0.15, -0.1) is 0 Å². The highest BCUT2D eigenvalue weighted by Gasteiger charge is 2.24. The predicted octanol–water partition coefficient (Wildman–Crippen LogP) is 2.66. The minimum atomic E-state index is 0.117. The van der Waals surface area contributed by atoms with Gasteiger partial charge in [-0.05, 0) is 38.0 Å². The molecule has 0 bridgehead atoms. The molecule has 0 N–H and O–H groups in total. The lowest BCUT2D eigenvalue weighted by Crippen LogP contribution is -2.37. The Balaban J connectivity index is 1.77. The fourth-order valence-electron chi connectivity index (χ4n) is 2.57. The van der Waals surface area contributed by atoms with Crippen LogP contribution < -0.4 is 0 Å². The van der Waals surface area contributed by atoms with Gasteiger partial charge in [-0.3, -0.25) is 9.48 Å². The lowest BCUT2D eigenvalue weighted by atomic mass is 9.99. The number of hydrogen-bond donors (Lipinski definition) is 0. The van der Waals surface area contributed by atoms with Crippen LogP contribution >= 0.6 is 0 Å². The Kier molecular flexibility index (Phi) is 3.30. The smallest absolute Gasteiger partial charge is 0.254 e. The lowest BCUT2D eigenvalue weighted by Gasteiger charge is -2.27. The summed E-state index contributed by atoms with van der Waals surface area (Å²) in [7, 11) is 0. The highest BCUT2D eigenvalue weighted by Crippen LogP contribution is 2.20. The minimum absolute atomic E-state index is 0.117. The van der Waals surface area contributed by atoms with Crippen molar-refractivity contribution in [1.29, 1.82) is 0 Å². The maximum absolute atomic E-state index is 12.5. The molecule has 0 radical (unpaired) electrons. The number of carbonyl (C=O) groups excluding carboxylic acids is 1. The van der Waals surface area contributed by atoms with Crippen LogP contribution in [0.2, 0.25) is 0 Å². The zero-order chi connectivity index (χ0) is 14.1. The number of hydrogen-bond acceptors (Lipinski definition) is 2. The molecule has 2 heterocycles. The van der Waals surface area contributed by atoms with Crippen LogP contribution in [0.4, 0.5) is 0 Å². The SMILES string of the molecule is CC(C)n1ccc(CN2CCc3ccccc3C2=O)n1. The molecular formula is C16H19N3O. The number of aromatic nitrogens is 2. The van der Waals surface area contributed by atoms with Gasteiger partial charge in [0.15, 0.2) is 0 Å². The molecular weight excluding hydrogens is 250 g/mol. The molecule has 0 spiro atoms. The molecule has 0 atom stereocenters. The van der Waals surface area contributed by atoms with E-state index in [1.165, 1.54) is 0 Å². The lowest BCUT2D eigenvalue weighted by molar-refractivity contribution is 0.0724. The first-order chi connectivity index (χ1) is 9.65. The molecule has 1 amide bonds. The number of fused-ring (bicyclic) bond motifs is 1. The van der Waals surface area contributed by atoms with E-state index in [2.05, 4.69) is 18.9 Å². The van der Waals surface area contributed by atoms with Gasteiger partial charge in [-0.1, -0.05) is 18.2 Å². The monoisotopic (exact) mass is 269 g/mol. The second kappa shape index (κ2) is 5.12. The second-order valence-corrected chi connectivity index (χ2v) is 5.51. The van der Waals surface area contributed by atoms with Crippen LogP contribution in [0.3, 0.4) is 0 Å². The Morgan fingerprint density at radius 3 is 2.80 bits per heavy atom. The first-order valence-corrected chi connectivity index (χ1v) is 7.06. The highest BCUT2D eigenvalue weighted by atomic mass is 16.2.